The van der Waals surface area contributed by atoms with Gasteiger partial charge < -0.3 is 20.4 Å². The van der Waals surface area contributed by atoms with E-state index in [2.05, 4.69) is 86.4 Å². The lowest BCUT2D eigenvalue weighted by Gasteiger charge is -2.36. The molecule has 1 saturated heterocycles. The maximum absolute atomic E-state index is 11.4. The van der Waals surface area contributed by atoms with Crippen LogP contribution in [0, 0.1) is 16.2 Å². The van der Waals surface area contributed by atoms with Gasteiger partial charge in [0.2, 0.25) is 0 Å². The van der Waals surface area contributed by atoms with Crippen LogP contribution >= 0.6 is 0 Å². The molecule has 3 rings (SSSR count). The van der Waals surface area contributed by atoms with Crippen LogP contribution in [0.2, 0.25) is 0 Å². The van der Waals surface area contributed by atoms with Crippen LogP contribution in [0.5, 0.6) is 11.8 Å². The number of hydrogen-bond acceptors (Lipinski definition) is 4. The van der Waals surface area contributed by atoms with Gasteiger partial charge >= 0.3 is 0 Å². The van der Waals surface area contributed by atoms with Crippen molar-refractivity contribution < 1.29 is 10.2 Å². The highest BCUT2D eigenvalue weighted by atomic mass is 16.3. The predicted molar refractivity (Wildman–Crippen MR) is 143 cm³/mol. The van der Waals surface area contributed by atoms with Crippen molar-refractivity contribution in [1.29, 1.82) is 0 Å². The van der Waals surface area contributed by atoms with Crippen molar-refractivity contribution in [3.8, 4) is 11.8 Å². The molecule has 196 valence electrons. The van der Waals surface area contributed by atoms with E-state index in [-0.39, 0.29) is 39.0 Å². The Morgan fingerprint density at radius 3 is 2.03 bits per heavy atom. The van der Waals surface area contributed by atoms with Gasteiger partial charge in [0.15, 0.2) is 11.8 Å². The van der Waals surface area contributed by atoms with E-state index in [0.29, 0.717) is 0 Å². The zero-order valence-corrected chi connectivity index (χ0v) is 24.0. The van der Waals surface area contributed by atoms with E-state index in [1.54, 1.807) is 10.6 Å². The molecule has 2 atom stereocenters. The van der Waals surface area contributed by atoms with Crippen molar-refractivity contribution in [2.75, 3.05) is 26.2 Å². The molecule has 2 heterocycles. The van der Waals surface area contributed by atoms with E-state index in [4.69, 9.17) is 0 Å². The number of nitrogens with one attached hydrogen (secondary N) is 1. The number of aromatic nitrogens is 1. The van der Waals surface area contributed by atoms with E-state index in [0.717, 1.165) is 37.9 Å². The van der Waals surface area contributed by atoms with E-state index in [1.165, 1.54) is 19.5 Å². The minimum Gasteiger partial charge on any atom is -0.494 e. The lowest BCUT2D eigenvalue weighted by molar-refractivity contribution is 0.156. The van der Waals surface area contributed by atoms with Crippen molar-refractivity contribution in [2.45, 2.75) is 118 Å². The molecule has 34 heavy (non-hydrogen) atoms. The van der Waals surface area contributed by atoms with Gasteiger partial charge in [0.05, 0.1) is 0 Å². The van der Waals surface area contributed by atoms with Crippen molar-refractivity contribution in [1.82, 2.24) is 14.8 Å². The van der Waals surface area contributed by atoms with Crippen LogP contribution in [0.15, 0.2) is 6.07 Å². The predicted octanol–water partition coefficient (Wildman–Crippen LogP) is 6.23. The third kappa shape index (κ3) is 5.31. The molecule has 1 aliphatic heterocycles. The number of rotatable bonds is 11. The van der Waals surface area contributed by atoms with E-state index in [9.17, 15) is 10.2 Å². The summed E-state index contributed by atoms with van der Waals surface area (Å²) in [5, 5.41) is 26.0. The van der Waals surface area contributed by atoms with Crippen LogP contribution in [0.1, 0.15) is 107 Å². The minimum atomic E-state index is -0.408. The smallest absolute Gasteiger partial charge is 0.198 e. The SMILES string of the molecule is CC(C)(CCN1CC1)NCCC(C)(C)n1c(O)cc(C(C)(C)CC2(C)CC2(C)C(C)(C)C)c1O. The Hall–Kier alpha value is -1.20. The molecular formula is C29H53N3O2. The van der Waals surface area contributed by atoms with Crippen molar-refractivity contribution in [3.05, 3.63) is 11.6 Å². The fourth-order valence-electron chi connectivity index (χ4n) is 6.46. The van der Waals surface area contributed by atoms with E-state index < -0.39 is 5.54 Å². The largest absolute Gasteiger partial charge is 0.494 e. The summed E-state index contributed by atoms with van der Waals surface area (Å²) >= 11 is 0. The summed E-state index contributed by atoms with van der Waals surface area (Å²) in [5.41, 5.74) is 1.04. The van der Waals surface area contributed by atoms with Gasteiger partial charge in [0, 0.05) is 35.8 Å². The summed E-state index contributed by atoms with van der Waals surface area (Å²) in [6.07, 6.45) is 4.12. The van der Waals surface area contributed by atoms with Crippen LogP contribution in [-0.4, -0.2) is 51.4 Å². The second-order valence-corrected chi connectivity index (χ2v) is 14.9. The molecule has 0 amide bonds. The Balaban J connectivity index is 1.70. The summed E-state index contributed by atoms with van der Waals surface area (Å²) in [5.74, 6) is 0.376. The zero-order valence-electron chi connectivity index (χ0n) is 24.0. The highest BCUT2D eigenvalue weighted by Gasteiger charge is 2.66. The topological polar surface area (TPSA) is 60.4 Å². The van der Waals surface area contributed by atoms with Gasteiger partial charge in [-0.2, -0.15) is 0 Å². The Kier molecular flexibility index (Phi) is 6.80. The summed E-state index contributed by atoms with van der Waals surface area (Å²) in [6, 6.07) is 1.80. The Labute approximate surface area is 209 Å². The fraction of sp³-hybridized carbons (Fsp3) is 0.862. The standard InChI is InChI=1S/C29H53N3O2/c1-24(2,3)29(11)20-28(29,10)19-25(4,5)21-18-22(33)32(23(21)34)27(8,9)12-14-30-26(6,7)13-15-31-16-17-31/h18,30,33-34H,12-17,19-20H2,1-11H3. The first-order valence-electron chi connectivity index (χ1n) is 13.4. The summed E-state index contributed by atoms with van der Waals surface area (Å²) in [7, 11) is 0. The molecule has 0 bridgehead atoms. The highest BCUT2D eigenvalue weighted by Crippen LogP contribution is 2.74. The van der Waals surface area contributed by atoms with Crippen molar-refractivity contribution >= 4 is 0 Å². The third-order valence-corrected chi connectivity index (χ3v) is 9.66. The Morgan fingerprint density at radius 1 is 0.941 bits per heavy atom. The molecule has 3 N–H and O–H groups in total. The van der Waals surface area contributed by atoms with Gasteiger partial charge in [-0.15, -0.1) is 0 Å². The van der Waals surface area contributed by atoms with Crippen LogP contribution in [0.4, 0.5) is 0 Å². The molecule has 0 radical (unpaired) electrons. The lowest BCUT2D eigenvalue weighted by Crippen LogP contribution is -2.43. The Bertz CT molecular complexity index is 888. The summed E-state index contributed by atoms with van der Waals surface area (Å²) in [6.45, 7) is 29.4. The molecule has 0 spiro atoms. The van der Waals surface area contributed by atoms with Crippen LogP contribution < -0.4 is 5.32 Å². The molecular weight excluding hydrogens is 422 g/mol. The number of aromatic hydroxyl groups is 2. The molecule has 2 aliphatic rings. The maximum atomic E-state index is 11.4. The van der Waals surface area contributed by atoms with Gasteiger partial charge in [0.25, 0.3) is 0 Å². The second-order valence-electron chi connectivity index (χ2n) is 14.9. The minimum absolute atomic E-state index is 0.0754. The van der Waals surface area contributed by atoms with Gasteiger partial charge in [-0.25, -0.2) is 0 Å². The normalized spacial score (nSPS) is 26.2. The zero-order chi connectivity index (χ0) is 26.0. The molecule has 0 aromatic carbocycles. The molecule has 2 unspecified atom stereocenters. The first kappa shape index (κ1) is 27.4. The van der Waals surface area contributed by atoms with E-state index in [1.807, 2.05) is 0 Å². The number of nitrogens with zero attached hydrogens (tertiary/aromatic N) is 2. The number of hydrogen-bond donors (Lipinski definition) is 3. The highest BCUT2D eigenvalue weighted by molar-refractivity contribution is 5.42. The van der Waals surface area contributed by atoms with Gasteiger partial charge in [-0.3, -0.25) is 4.57 Å². The first-order chi connectivity index (χ1) is 15.2. The third-order valence-electron chi connectivity index (χ3n) is 9.66. The van der Waals surface area contributed by atoms with Gasteiger partial charge in [-0.05, 0) is 88.1 Å². The quantitative estimate of drug-likeness (QED) is 0.332. The maximum Gasteiger partial charge on any atom is 0.198 e. The molecule has 1 aromatic rings. The summed E-state index contributed by atoms with van der Waals surface area (Å²) in [4.78, 5) is 2.46. The molecule has 5 nitrogen and oxygen atoms in total. The molecule has 1 aromatic heterocycles. The Morgan fingerprint density at radius 2 is 1.53 bits per heavy atom. The van der Waals surface area contributed by atoms with Gasteiger partial charge in [-0.1, -0.05) is 48.5 Å². The second kappa shape index (κ2) is 8.44. The van der Waals surface area contributed by atoms with Crippen molar-refractivity contribution in [2.24, 2.45) is 16.2 Å². The monoisotopic (exact) mass is 475 g/mol. The lowest BCUT2D eigenvalue weighted by atomic mass is 9.68. The van der Waals surface area contributed by atoms with E-state index >= 15 is 0 Å². The first-order valence-corrected chi connectivity index (χ1v) is 13.4. The molecule has 1 aliphatic carbocycles. The van der Waals surface area contributed by atoms with Gasteiger partial charge in [0.1, 0.15) is 0 Å². The van der Waals surface area contributed by atoms with Crippen LogP contribution in [0.3, 0.4) is 0 Å². The average Bonchev–Trinajstić information content (AvgIpc) is 3.52. The summed E-state index contributed by atoms with van der Waals surface area (Å²) < 4.78 is 1.74. The molecule has 2 fully saturated rings. The van der Waals surface area contributed by atoms with Crippen molar-refractivity contribution in [3.63, 3.8) is 0 Å². The van der Waals surface area contributed by atoms with Crippen LogP contribution in [0.25, 0.3) is 0 Å². The average molecular weight is 476 g/mol. The molecule has 5 heteroatoms. The van der Waals surface area contributed by atoms with Crippen LogP contribution in [-0.2, 0) is 11.0 Å². The fourth-order valence-corrected chi connectivity index (χ4v) is 6.46. The molecule has 1 saturated carbocycles.